The van der Waals surface area contributed by atoms with E-state index in [1.807, 2.05) is 54.6 Å². The van der Waals surface area contributed by atoms with Crippen molar-refractivity contribution in [2.45, 2.75) is 6.54 Å². The van der Waals surface area contributed by atoms with E-state index in [-0.39, 0.29) is 12.5 Å². The van der Waals surface area contributed by atoms with Crippen molar-refractivity contribution in [2.24, 2.45) is 0 Å². The van der Waals surface area contributed by atoms with E-state index in [0.717, 1.165) is 15.8 Å². The van der Waals surface area contributed by atoms with Gasteiger partial charge in [-0.25, -0.2) is 0 Å². The first-order chi connectivity index (χ1) is 12.6. The molecule has 0 bridgehead atoms. The van der Waals surface area contributed by atoms with E-state index in [2.05, 4.69) is 31.3 Å². The molecule has 0 saturated carbocycles. The van der Waals surface area contributed by atoms with Gasteiger partial charge in [-0.15, -0.1) is 10.2 Å². The van der Waals surface area contributed by atoms with E-state index in [0.29, 0.717) is 19.0 Å². The Bertz CT molecular complexity index is 852. The minimum absolute atomic E-state index is 0.0363. The first-order valence-electron chi connectivity index (χ1n) is 8.07. The molecule has 1 heterocycles. The van der Waals surface area contributed by atoms with Crippen LogP contribution in [0, 0.1) is 0 Å². The zero-order valence-electron chi connectivity index (χ0n) is 14.2. The van der Waals surface area contributed by atoms with Crippen molar-refractivity contribution in [1.82, 2.24) is 25.1 Å². The van der Waals surface area contributed by atoms with Crippen molar-refractivity contribution in [2.75, 3.05) is 20.2 Å². The number of amides is 1. The third kappa shape index (κ3) is 4.89. The third-order valence-corrected chi connectivity index (χ3v) is 4.22. The molecule has 134 valence electrons. The smallest absolute Gasteiger partial charge is 0.246 e. The molecule has 0 aliphatic rings. The molecular formula is C18H18BrN5O2. The van der Waals surface area contributed by atoms with Crippen molar-refractivity contribution in [3.8, 4) is 17.1 Å². The molecule has 0 aliphatic heterocycles. The van der Waals surface area contributed by atoms with Crippen LogP contribution in [0.4, 0.5) is 0 Å². The SMILES string of the molecule is CN(CCOc1ccc(Br)cc1)C(=O)Cn1nnc(-c2ccccc2)n1. The maximum atomic E-state index is 12.3. The van der Waals surface area contributed by atoms with Gasteiger partial charge >= 0.3 is 0 Å². The fourth-order valence-electron chi connectivity index (χ4n) is 2.21. The number of benzene rings is 2. The molecule has 0 saturated heterocycles. The van der Waals surface area contributed by atoms with Gasteiger partial charge in [0, 0.05) is 17.1 Å². The second-order valence-corrected chi connectivity index (χ2v) is 6.54. The monoisotopic (exact) mass is 415 g/mol. The van der Waals surface area contributed by atoms with Crippen LogP contribution in [0.2, 0.25) is 0 Å². The molecule has 0 atom stereocenters. The number of aromatic nitrogens is 4. The molecule has 0 unspecified atom stereocenters. The van der Waals surface area contributed by atoms with Crippen molar-refractivity contribution < 1.29 is 9.53 Å². The first-order valence-corrected chi connectivity index (χ1v) is 8.86. The van der Waals surface area contributed by atoms with E-state index in [4.69, 9.17) is 4.74 Å². The molecule has 7 nitrogen and oxygen atoms in total. The van der Waals surface area contributed by atoms with Crippen molar-refractivity contribution in [3.63, 3.8) is 0 Å². The van der Waals surface area contributed by atoms with Crippen LogP contribution < -0.4 is 4.74 Å². The van der Waals surface area contributed by atoms with E-state index in [9.17, 15) is 4.79 Å². The number of nitrogens with zero attached hydrogens (tertiary/aromatic N) is 5. The third-order valence-electron chi connectivity index (χ3n) is 3.70. The fourth-order valence-corrected chi connectivity index (χ4v) is 2.47. The Kier molecular flexibility index (Phi) is 5.96. The van der Waals surface area contributed by atoms with Crippen LogP contribution >= 0.6 is 15.9 Å². The zero-order chi connectivity index (χ0) is 18.4. The van der Waals surface area contributed by atoms with Gasteiger partial charge in [-0.05, 0) is 29.5 Å². The topological polar surface area (TPSA) is 73.1 Å². The molecule has 0 spiro atoms. The normalized spacial score (nSPS) is 10.5. The van der Waals surface area contributed by atoms with Crippen LogP contribution in [0.25, 0.3) is 11.4 Å². The molecule has 0 fully saturated rings. The van der Waals surface area contributed by atoms with Crippen LogP contribution in [-0.4, -0.2) is 51.2 Å². The van der Waals surface area contributed by atoms with E-state index in [1.54, 1.807) is 11.9 Å². The van der Waals surface area contributed by atoms with Gasteiger partial charge < -0.3 is 9.64 Å². The Hall–Kier alpha value is -2.74. The van der Waals surface area contributed by atoms with Gasteiger partial charge in [0.2, 0.25) is 11.7 Å². The molecule has 1 aromatic heterocycles. The second kappa shape index (κ2) is 8.57. The van der Waals surface area contributed by atoms with E-state index in [1.165, 1.54) is 4.80 Å². The second-order valence-electron chi connectivity index (χ2n) is 5.63. The number of likely N-dealkylation sites (N-methyl/N-ethyl adjacent to an activating group) is 1. The zero-order valence-corrected chi connectivity index (χ0v) is 15.8. The summed E-state index contributed by atoms with van der Waals surface area (Å²) in [6.45, 7) is 0.910. The average molecular weight is 416 g/mol. The number of tetrazole rings is 1. The number of carbonyl (C=O) groups excluding carboxylic acids is 1. The van der Waals surface area contributed by atoms with Crippen LogP contribution in [0.3, 0.4) is 0 Å². The summed E-state index contributed by atoms with van der Waals surface area (Å²) in [4.78, 5) is 15.2. The summed E-state index contributed by atoms with van der Waals surface area (Å²) in [5.74, 6) is 1.15. The quantitative estimate of drug-likeness (QED) is 0.592. The van der Waals surface area contributed by atoms with Crippen LogP contribution in [0.15, 0.2) is 59.1 Å². The van der Waals surface area contributed by atoms with Crippen molar-refractivity contribution >= 4 is 21.8 Å². The van der Waals surface area contributed by atoms with Gasteiger partial charge in [0.1, 0.15) is 18.9 Å². The Labute approximate surface area is 159 Å². The minimum atomic E-state index is -0.110. The molecule has 8 heteroatoms. The molecule has 2 aromatic carbocycles. The highest BCUT2D eigenvalue weighted by Gasteiger charge is 2.13. The van der Waals surface area contributed by atoms with E-state index < -0.39 is 0 Å². The molecule has 0 radical (unpaired) electrons. The highest BCUT2D eigenvalue weighted by atomic mass is 79.9. The highest BCUT2D eigenvalue weighted by molar-refractivity contribution is 9.10. The van der Waals surface area contributed by atoms with Gasteiger partial charge in [-0.3, -0.25) is 4.79 Å². The molecule has 3 aromatic rings. The average Bonchev–Trinajstić information content (AvgIpc) is 3.12. The van der Waals surface area contributed by atoms with Gasteiger partial charge in [0.25, 0.3) is 0 Å². The molecular weight excluding hydrogens is 398 g/mol. The lowest BCUT2D eigenvalue weighted by atomic mass is 10.2. The number of rotatable bonds is 7. The minimum Gasteiger partial charge on any atom is -0.492 e. The fraction of sp³-hybridized carbons (Fsp3) is 0.222. The lowest BCUT2D eigenvalue weighted by molar-refractivity contribution is -0.131. The number of hydrogen-bond donors (Lipinski definition) is 0. The maximum absolute atomic E-state index is 12.3. The van der Waals surface area contributed by atoms with Gasteiger partial charge in [-0.1, -0.05) is 46.3 Å². The van der Waals surface area contributed by atoms with Crippen LogP contribution in [-0.2, 0) is 11.3 Å². The maximum Gasteiger partial charge on any atom is 0.246 e. The lowest BCUT2D eigenvalue weighted by Gasteiger charge is -2.17. The Morgan fingerprint density at radius 3 is 2.62 bits per heavy atom. The number of hydrogen-bond acceptors (Lipinski definition) is 5. The number of ether oxygens (including phenoxy) is 1. The highest BCUT2D eigenvalue weighted by Crippen LogP contribution is 2.16. The lowest BCUT2D eigenvalue weighted by Crippen LogP contribution is -2.34. The predicted molar refractivity (Wildman–Crippen MR) is 101 cm³/mol. The standard InChI is InChI=1S/C18H18BrN5O2/c1-23(11-12-26-16-9-7-15(19)8-10-16)17(25)13-24-21-18(20-22-24)14-5-3-2-4-6-14/h2-10H,11-13H2,1H3. The molecule has 0 aliphatic carbocycles. The van der Waals surface area contributed by atoms with Crippen molar-refractivity contribution in [3.05, 3.63) is 59.1 Å². The van der Waals surface area contributed by atoms with Gasteiger partial charge in [0.05, 0.1) is 6.54 Å². The Morgan fingerprint density at radius 2 is 1.88 bits per heavy atom. The first kappa shape index (κ1) is 18.1. The van der Waals surface area contributed by atoms with Gasteiger partial charge in [0.15, 0.2) is 0 Å². The molecule has 0 N–H and O–H groups in total. The van der Waals surface area contributed by atoms with Gasteiger partial charge in [-0.2, -0.15) is 4.80 Å². The number of halogens is 1. The van der Waals surface area contributed by atoms with Crippen molar-refractivity contribution in [1.29, 1.82) is 0 Å². The largest absolute Gasteiger partial charge is 0.492 e. The molecule has 3 rings (SSSR count). The number of carbonyl (C=O) groups is 1. The summed E-state index contributed by atoms with van der Waals surface area (Å²) in [5, 5.41) is 12.2. The summed E-state index contributed by atoms with van der Waals surface area (Å²) in [7, 11) is 1.72. The summed E-state index contributed by atoms with van der Waals surface area (Å²) in [5.41, 5.74) is 0.863. The summed E-state index contributed by atoms with van der Waals surface area (Å²) in [6.07, 6.45) is 0. The Morgan fingerprint density at radius 1 is 1.15 bits per heavy atom. The van der Waals surface area contributed by atoms with Crippen LogP contribution in [0.5, 0.6) is 5.75 Å². The summed E-state index contributed by atoms with van der Waals surface area (Å²) < 4.78 is 6.62. The Balaban J connectivity index is 1.48. The summed E-state index contributed by atoms with van der Waals surface area (Å²) in [6, 6.07) is 17.1. The molecule has 26 heavy (non-hydrogen) atoms. The van der Waals surface area contributed by atoms with E-state index >= 15 is 0 Å². The summed E-state index contributed by atoms with van der Waals surface area (Å²) >= 11 is 3.38. The van der Waals surface area contributed by atoms with Crippen LogP contribution in [0.1, 0.15) is 0 Å². The predicted octanol–water partition coefficient (Wildman–Crippen LogP) is 2.64. The molecule has 1 amide bonds.